The molecule has 1 aromatic carbocycles. The fourth-order valence-corrected chi connectivity index (χ4v) is 4.12. The molecule has 0 aliphatic carbocycles. The van der Waals surface area contributed by atoms with E-state index < -0.39 is 8.32 Å². The highest BCUT2D eigenvalue weighted by Crippen LogP contribution is 2.38. The predicted molar refractivity (Wildman–Crippen MR) is 93.0 cm³/mol. The van der Waals surface area contributed by atoms with Crippen LogP contribution >= 0.6 is 0 Å². The van der Waals surface area contributed by atoms with Gasteiger partial charge in [0.2, 0.25) is 0 Å². The molecule has 0 amide bonds. The van der Waals surface area contributed by atoms with E-state index >= 15 is 0 Å². The van der Waals surface area contributed by atoms with E-state index in [0.717, 1.165) is 13.1 Å². The van der Waals surface area contributed by atoms with Crippen molar-refractivity contribution >= 4 is 8.32 Å². The molecular weight excluding hydrogens is 274 g/mol. The number of hydrogen-bond acceptors (Lipinski definition) is 2. The van der Waals surface area contributed by atoms with E-state index in [1.54, 1.807) is 0 Å². The largest absolute Gasteiger partial charge is 0.413 e. The van der Waals surface area contributed by atoms with Crippen LogP contribution in [0, 0.1) is 0 Å². The van der Waals surface area contributed by atoms with Crippen LogP contribution in [0.4, 0.5) is 0 Å². The third-order valence-corrected chi connectivity index (χ3v) is 9.70. The third-order valence-electron chi connectivity index (χ3n) is 5.16. The Morgan fingerprint density at radius 2 is 1.81 bits per heavy atom. The average Bonchev–Trinajstić information content (AvgIpc) is 2.68. The van der Waals surface area contributed by atoms with Crippen LogP contribution in [-0.4, -0.2) is 31.9 Å². The van der Waals surface area contributed by atoms with Gasteiger partial charge in [0, 0.05) is 19.1 Å². The number of benzene rings is 1. The summed E-state index contributed by atoms with van der Waals surface area (Å²) in [5.74, 6) is 0. The maximum absolute atomic E-state index is 6.60. The smallest absolute Gasteiger partial charge is 0.192 e. The molecule has 3 heteroatoms. The van der Waals surface area contributed by atoms with Gasteiger partial charge >= 0.3 is 0 Å². The lowest BCUT2D eigenvalue weighted by molar-refractivity contribution is 0.178. The van der Waals surface area contributed by atoms with Gasteiger partial charge in [-0.15, -0.1) is 0 Å². The van der Waals surface area contributed by atoms with Gasteiger partial charge in [-0.2, -0.15) is 0 Å². The monoisotopic (exact) mass is 305 g/mol. The molecule has 1 aliphatic heterocycles. The fourth-order valence-electron chi connectivity index (χ4n) is 2.76. The molecular formula is C18H31NOSi. The van der Waals surface area contributed by atoms with Gasteiger partial charge in [-0.25, -0.2) is 0 Å². The molecule has 21 heavy (non-hydrogen) atoms. The number of nitrogens with zero attached hydrogens (tertiary/aromatic N) is 1. The Morgan fingerprint density at radius 1 is 1.19 bits per heavy atom. The molecule has 0 radical (unpaired) electrons. The lowest BCUT2D eigenvalue weighted by Crippen LogP contribution is -2.44. The van der Waals surface area contributed by atoms with Crippen LogP contribution in [0.5, 0.6) is 0 Å². The number of likely N-dealkylation sites (tertiary alicyclic amines) is 1. The van der Waals surface area contributed by atoms with E-state index in [2.05, 4.69) is 76.0 Å². The van der Waals surface area contributed by atoms with Gasteiger partial charge in [-0.05, 0) is 37.0 Å². The quantitative estimate of drug-likeness (QED) is 0.749. The van der Waals surface area contributed by atoms with Crippen molar-refractivity contribution < 1.29 is 4.43 Å². The first-order valence-electron chi connectivity index (χ1n) is 8.15. The molecule has 2 rings (SSSR count). The molecule has 0 N–H and O–H groups in total. The van der Waals surface area contributed by atoms with Crippen LogP contribution < -0.4 is 0 Å². The SMILES string of the molecule is C[C@@H]1C[C@@H](O[Si](C)(C)C(C)(C)C)CN1Cc1ccccc1. The molecule has 0 spiro atoms. The van der Waals surface area contributed by atoms with Gasteiger partial charge < -0.3 is 4.43 Å². The Hall–Kier alpha value is -0.643. The lowest BCUT2D eigenvalue weighted by Gasteiger charge is -2.38. The zero-order valence-electron chi connectivity index (χ0n) is 14.5. The second-order valence-electron chi connectivity index (χ2n) is 8.00. The maximum atomic E-state index is 6.60. The molecule has 1 aromatic rings. The highest BCUT2D eigenvalue weighted by atomic mass is 28.4. The van der Waals surface area contributed by atoms with Gasteiger partial charge in [0.1, 0.15) is 0 Å². The molecule has 118 valence electrons. The van der Waals surface area contributed by atoms with Gasteiger partial charge in [0.15, 0.2) is 8.32 Å². The molecule has 2 nitrogen and oxygen atoms in total. The van der Waals surface area contributed by atoms with Crippen molar-refractivity contribution in [1.82, 2.24) is 4.90 Å². The van der Waals surface area contributed by atoms with E-state index in [9.17, 15) is 0 Å². The first kappa shape index (κ1) is 16.7. The van der Waals surface area contributed by atoms with Crippen molar-refractivity contribution in [3.05, 3.63) is 35.9 Å². The van der Waals surface area contributed by atoms with Gasteiger partial charge in [0.05, 0.1) is 6.10 Å². The Kier molecular flexibility index (Phi) is 4.96. The topological polar surface area (TPSA) is 12.5 Å². The summed E-state index contributed by atoms with van der Waals surface area (Å²) in [5.41, 5.74) is 1.40. The van der Waals surface area contributed by atoms with E-state index in [-0.39, 0.29) is 0 Å². The van der Waals surface area contributed by atoms with Gasteiger partial charge in [-0.3, -0.25) is 4.90 Å². The van der Waals surface area contributed by atoms with Crippen molar-refractivity contribution in [3.63, 3.8) is 0 Å². The van der Waals surface area contributed by atoms with Crippen LogP contribution in [0.1, 0.15) is 39.7 Å². The second kappa shape index (κ2) is 6.23. The Bertz CT molecular complexity index is 452. The lowest BCUT2D eigenvalue weighted by atomic mass is 10.2. The summed E-state index contributed by atoms with van der Waals surface area (Å²) in [6, 6.07) is 11.4. The van der Waals surface area contributed by atoms with Gasteiger partial charge in [-0.1, -0.05) is 51.1 Å². The summed E-state index contributed by atoms with van der Waals surface area (Å²) < 4.78 is 6.60. The van der Waals surface area contributed by atoms with E-state index in [4.69, 9.17) is 4.43 Å². The van der Waals surface area contributed by atoms with E-state index in [1.165, 1.54) is 12.0 Å². The van der Waals surface area contributed by atoms with Gasteiger partial charge in [0.25, 0.3) is 0 Å². The van der Waals surface area contributed by atoms with E-state index in [0.29, 0.717) is 17.2 Å². The minimum atomic E-state index is -1.65. The first-order chi connectivity index (χ1) is 9.69. The Labute approximate surface area is 131 Å². The maximum Gasteiger partial charge on any atom is 0.192 e. The minimum Gasteiger partial charge on any atom is -0.413 e. The highest BCUT2D eigenvalue weighted by Gasteiger charge is 2.41. The zero-order valence-corrected chi connectivity index (χ0v) is 15.5. The molecule has 0 bridgehead atoms. The van der Waals surface area contributed by atoms with Crippen molar-refractivity contribution in [1.29, 1.82) is 0 Å². The van der Waals surface area contributed by atoms with Crippen LogP contribution in [-0.2, 0) is 11.0 Å². The first-order valence-corrected chi connectivity index (χ1v) is 11.1. The van der Waals surface area contributed by atoms with Crippen molar-refractivity contribution in [2.24, 2.45) is 0 Å². The molecule has 0 saturated carbocycles. The van der Waals surface area contributed by atoms with Crippen molar-refractivity contribution in [2.45, 2.75) is 70.9 Å². The van der Waals surface area contributed by atoms with Crippen LogP contribution in [0.15, 0.2) is 30.3 Å². The molecule has 2 atom stereocenters. The van der Waals surface area contributed by atoms with Crippen molar-refractivity contribution in [2.75, 3.05) is 6.54 Å². The molecule has 1 aliphatic rings. The van der Waals surface area contributed by atoms with E-state index in [1.807, 2.05) is 0 Å². The fraction of sp³-hybridized carbons (Fsp3) is 0.667. The molecule has 1 fully saturated rings. The van der Waals surface area contributed by atoms with Crippen LogP contribution in [0.2, 0.25) is 18.1 Å². The van der Waals surface area contributed by atoms with Crippen LogP contribution in [0.3, 0.4) is 0 Å². The second-order valence-corrected chi connectivity index (χ2v) is 12.8. The average molecular weight is 306 g/mol. The Balaban J connectivity index is 1.95. The number of rotatable bonds is 4. The summed E-state index contributed by atoms with van der Waals surface area (Å²) in [6.07, 6.45) is 1.57. The highest BCUT2D eigenvalue weighted by molar-refractivity contribution is 6.74. The summed E-state index contributed by atoms with van der Waals surface area (Å²) in [7, 11) is -1.65. The standard InChI is InChI=1S/C18H31NOSi/c1-15-12-17(20-21(5,6)18(2,3)4)14-19(15)13-16-10-8-7-9-11-16/h7-11,15,17H,12-14H2,1-6H3/t15-,17-/m1/s1. The predicted octanol–water partition coefficient (Wildman–Crippen LogP) is 4.67. The van der Waals surface area contributed by atoms with Crippen LogP contribution in [0.25, 0.3) is 0 Å². The molecule has 0 unspecified atom stereocenters. The normalized spacial score (nSPS) is 24.5. The Morgan fingerprint density at radius 3 is 2.38 bits per heavy atom. The summed E-state index contributed by atoms with van der Waals surface area (Å²) in [5, 5.41) is 0.295. The molecule has 1 heterocycles. The summed E-state index contributed by atoms with van der Waals surface area (Å²) in [4.78, 5) is 2.56. The zero-order chi connectivity index (χ0) is 15.7. The number of hydrogen-bond donors (Lipinski definition) is 0. The summed E-state index contributed by atoms with van der Waals surface area (Å²) in [6.45, 7) is 16.1. The molecule has 1 saturated heterocycles. The summed E-state index contributed by atoms with van der Waals surface area (Å²) >= 11 is 0. The third kappa shape index (κ3) is 4.18. The minimum absolute atomic E-state index is 0.295. The molecule has 0 aromatic heterocycles. The van der Waals surface area contributed by atoms with Crippen molar-refractivity contribution in [3.8, 4) is 0 Å².